The second-order valence-corrected chi connectivity index (χ2v) is 4.30. The summed E-state index contributed by atoms with van der Waals surface area (Å²) >= 11 is 5.74. The predicted octanol–water partition coefficient (Wildman–Crippen LogP) is 2.45. The van der Waals surface area contributed by atoms with E-state index in [0.717, 1.165) is 24.3 Å². The summed E-state index contributed by atoms with van der Waals surface area (Å²) in [4.78, 5) is 0. The highest BCUT2D eigenvalue weighted by Gasteiger charge is 1.97. The molecule has 0 amide bonds. The number of nitrogens with zero attached hydrogens (tertiary/aromatic N) is 2. The molecule has 1 N–H and O–H groups in total. The molecule has 2 aromatic rings. The first kappa shape index (κ1) is 12.1. The van der Waals surface area contributed by atoms with Gasteiger partial charge in [-0.15, -0.1) is 11.6 Å². The molecule has 0 fully saturated rings. The molecule has 0 spiro atoms. The Morgan fingerprint density at radius 2 is 1.82 bits per heavy atom. The van der Waals surface area contributed by atoms with E-state index < -0.39 is 0 Å². The molecular weight excluding hydrogens is 234 g/mol. The molecule has 0 unspecified atom stereocenters. The number of nitrogens with one attached hydrogen (secondary N) is 1. The highest BCUT2D eigenvalue weighted by molar-refractivity contribution is 6.17. The highest BCUT2D eigenvalue weighted by Crippen LogP contribution is 2.06. The van der Waals surface area contributed by atoms with Crippen LogP contribution in [0.3, 0.4) is 0 Å². The smallest absolute Gasteiger partial charge is 0.0762 e. The van der Waals surface area contributed by atoms with E-state index in [4.69, 9.17) is 11.6 Å². The first-order chi connectivity index (χ1) is 8.28. The summed E-state index contributed by atoms with van der Waals surface area (Å²) in [6.45, 7) is 1.64. The maximum absolute atomic E-state index is 5.74. The molecule has 0 saturated carbocycles. The van der Waals surface area contributed by atoms with E-state index in [0.29, 0.717) is 5.88 Å². The van der Waals surface area contributed by atoms with Crippen molar-refractivity contribution < 1.29 is 0 Å². The Labute approximate surface area is 106 Å². The minimum Gasteiger partial charge on any atom is -0.307 e. The molecule has 0 atom stereocenters. The van der Waals surface area contributed by atoms with Crippen LogP contribution in [0.15, 0.2) is 36.5 Å². The number of aromatic nitrogens is 2. The van der Waals surface area contributed by atoms with Crippen LogP contribution in [0.5, 0.6) is 0 Å². The molecule has 1 aromatic heterocycles. The summed E-state index contributed by atoms with van der Waals surface area (Å²) in [6.07, 6.45) is 1.95. The number of benzene rings is 1. The topological polar surface area (TPSA) is 29.9 Å². The third-order valence-electron chi connectivity index (χ3n) is 2.58. The van der Waals surface area contributed by atoms with Gasteiger partial charge in [0, 0.05) is 32.2 Å². The lowest BCUT2D eigenvalue weighted by Gasteiger charge is -2.04. The minimum atomic E-state index is 0.571. The molecule has 0 bridgehead atoms. The van der Waals surface area contributed by atoms with Gasteiger partial charge >= 0.3 is 0 Å². The van der Waals surface area contributed by atoms with E-state index in [1.165, 1.54) is 5.56 Å². The van der Waals surface area contributed by atoms with E-state index >= 15 is 0 Å². The summed E-state index contributed by atoms with van der Waals surface area (Å²) in [6, 6.07) is 10.3. The third-order valence-corrected chi connectivity index (χ3v) is 2.89. The van der Waals surface area contributed by atoms with Gasteiger partial charge in [-0.1, -0.05) is 24.3 Å². The SMILES string of the molecule is Cn1ccc(CNCc2ccc(CCl)cc2)n1. The van der Waals surface area contributed by atoms with Crippen LogP contribution in [-0.2, 0) is 26.0 Å². The zero-order valence-corrected chi connectivity index (χ0v) is 10.6. The fraction of sp³-hybridized carbons (Fsp3) is 0.308. The molecule has 4 heteroatoms. The van der Waals surface area contributed by atoms with Crippen LogP contribution in [0, 0.1) is 0 Å². The van der Waals surface area contributed by atoms with Gasteiger partial charge in [0.05, 0.1) is 5.69 Å². The molecule has 0 aliphatic carbocycles. The third kappa shape index (κ3) is 3.58. The van der Waals surface area contributed by atoms with Crippen LogP contribution >= 0.6 is 11.6 Å². The average molecular weight is 250 g/mol. The van der Waals surface area contributed by atoms with Crippen LogP contribution in [0.4, 0.5) is 0 Å². The van der Waals surface area contributed by atoms with Crippen molar-refractivity contribution in [3.8, 4) is 0 Å². The van der Waals surface area contributed by atoms with Gasteiger partial charge in [-0.3, -0.25) is 4.68 Å². The molecule has 1 aromatic carbocycles. The first-order valence-corrected chi connectivity index (χ1v) is 6.14. The molecule has 0 radical (unpaired) electrons. The van der Waals surface area contributed by atoms with Crippen molar-refractivity contribution in [3.63, 3.8) is 0 Å². The lowest BCUT2D eigenvalue weighted by atomic mass is 10.1. The van der Waals surface area contributed by atoms with Gasteiger partial charge < -0.3 is 5.32 Å². The first-order valence-electron chi connectivity index (χ1n) is 5.61. The van der Waals surface area contributed by atoms with E-state index in [1.54, 1.807) is 0 Å². The van der Waals surface area contributed by atoms with Gasteiger partial charge in [-0.25, -0.2) is 0 Å². The minimum absolute atomic E-state index is 0.571. The Bertz CT molecular complexity index is 462. The second kappa shape index (κ2) is 5.84. The normalized spacial score (nSPS) is 10.7. The van der Waals surface area contributed by atoms with Gasteiger partial charge in [0.15, 0.2) is 0 Å². The van der Waals surface area contributed by atoms with Crippen molar-refractivity contribution in [3.05, 3.63) is 53.3 Å². The van der Waals surface area contributed by atoms with Crippen LogP contribution in [0.1, 0.15) is 16.8 Å². The lowest BCUT2D eigenvalue weighted by molar-refractivity contribution is 0.656. The van der Waals surface area contributed by atoms with E-state index in [9.17, 15) is 0 Å². The molecule has 0 saturated heterocycles. The highest BCUT2D eigenvalue weighted by atomic mass is 35.5. The maximum atomic E-state index is 5.74. The largest absolute Gasteiger partial charge is 0.307 e. The van der Waals surface area contributed by atoms with E-state index in [2.05, 4.69) is 34.7 Å². The van der Waals surface area contributed by atoms with Gasteiger partial charge in [-0.05, 0) is 17.2 Å². The number of hydrogen-bond acceptors (Lipinski definition) is 2. The molecule has 0 aliphatic heterocycles. The van der Waals surface area contributed by atoms with Crippen LogP contribution in [0.25, 0.3) is 0 Å². The van der Waals surface area contributed by atoms with Crippen molar-refractivity contribution in [2.45, 2.75) is 19.0 Å². The second-order valence-electron chi connectivity index (χ2n) is 4.03. The summed E-state index contributed by atoms with van der Waals surface area (Å²) in [5.74, 6) is 0.571. The Hall–Kier alpha value is -1.32. The average Bonchev–Trinajstić information content (AvgIpc) is 2.76. The van der Waals surface area contributed by atoms with Crippen molar-refractivity contribution in [1.29, 1.82) is 0 Å². The molecular formula is C13H16ClN3. The Morgan fingerprint density at radius 3 is 2.41 bits per heavy atom. The Morgan fingerprint density at radius 1 is 1.12 bits per heavy atom. The lowest BCUT2D eigenvalue weighted by Crippen LogP contribution is -2.13. The number of halogens is 1. The van der Waals surface area contributed by atoms with Crippen molar-refractivity contribution in [1.82, 2.24) is 15.1 Å². The molecule has 90 valence electrons. The van der Waals surface area contributed by atoms with Crippen molar-refractivity contribution in [2.75, 3.05) is 0 Å². The number of aryl methyl sites for hydroxylation is 1. The zero-order valence-electron chi connectivity index (χ0n) is 9.86. The van der Waals surface area contributed by atoms with Crippen LogP contribution in [0.2, 0.25) is 0 Å². The summed E-state index contributed by atoms with van der Waals surface area (Å²) in [5, 5.41) is 7.67. The van der Waals surface area contributed by atoms with Crippen molar-refractivity contribution >= 4 is 11.6 Å². The summed E-state index contributed by atoms with van der Waals surface area (Å²) in [7, 11) is 1.92. The fourth-order valence-corrected chi connectivity index (χ4v) is 1.82. The number of rotatable bonds is 5. The summed E-state index contributed by atoms with van der Waals surface area (Å²) in [5.41, 5.74) is 3.47. The fourth-order valence-electron chi connectivity index (χ4n) is 1.64. The molecule has 2 rings (SSSR count). The zero-order chi connectivity index (χ0) is 12.1. The quantitative estimate of drug-likeness (QED) is 0.825. The monoisotopic (exact) mass is 249 g/mol. The Balaban J connectivity index is 1.81. The van der Waals surface area contributed by atoms with E-state index in [1.807, 2.05) is 24.0 Å². The number of alkyl halides is 1. The Kier molecular flexibility index (Phi) is 4.18. The number of hydrogen-bond donors (Lipinski definition) is 1. The van der Waals surface area contributed by atoms with E-state index in [-0.39, 0.29) is 0 Å². The molecule has 3 nitrogen and oxygen atoms in total. The molecule has 17 heavy (non-hydrogen) atoms. The van der Waals surface area contributed by atoms with Gasteiger partial charge in [0.25, 0.3) is 0 Å². The van der Waals surface area contributed by atoms with Crippen molar-refractivity contribution in [2.24, 2.45) is 7.05 Å². The van der Waals surface area contributed by atoms with Crippen LogP contribution in [-0.4, -0.2) is 9.78 Å². The molecule has 1 heterocycles. The standard InChI is InChI=1S/C13H16ClN3/c1-17-7-6-13(16-17)10-15-9-12-4-2-11(8-14)3-5-12/h2-7,15H,8-10H2,1H3. The summed E-state index contributed by atoms with van der Waals surface area (Å²) < 4.78 is 1.81. The van der Waals surface area contributed by atoms with Gasteiger partial charge in [0.1, 0.15) is 0 Å². The van der Waals surface area contributed by atoms with Crippen LogP contribution < -0.4 is 5.32 Å². The maximum Gasteiger partial charge on any atom is 0.0762 e. The molecule has 0 aliphatic rings. The van der Waals surface area contributed by atoms with Gasteiger partial charge in [-0.2, -0.15) is 5.10 Å². The van der Waals surface area contributed by atoms with Gasteiger partial charge in [0.2, 0.25) is 0 Å². The predicted molar refractivity (Wildman–Crippen MR) is 69.8 cm³/mol.